The average molecular weight is 287 g/mol. The third-order valence-corrected chi connectivity index (χ3v) is 4.19. The molecule has 1 unspecified atom stereocenters. The molecule has 0 N–H and O–H groups in total. The Kier molecular flexibility index (Phi) is 3.19. The Bertz CT molecular complexity index is 516. The number of thioether (sulfide) groups is 1. The van der Waals surface area contributed by atoms with Gasteiger partial charge in [0.15, 0.2) is 0 Å². The van der Waals surface area contributed by atoms with Crippen LogP contribution in [0.4, 0.5) is 0 Å². The highest BCUT2D eigenvalue weighted by molar-refractivity contribution is 8.15. The number of amides is 1. The molecule has 0 radical (unpaired) electrons. The summed E-state index contributed by atoms with van der Waals surface area (Å²) in [5.74, 6) is -4.32. The Morgan fingerprint density at radius 2 is 1.95 bits per heavy atom. The quantitative estimate of drug-likeness (QED) is 0.271. The summed E-state index contributed by atoms with van der Waals surface area (Å²) in [4.78, 5) is 60.1. The van der Waals surface area contributed by atoms with Crippen LogP contribution in [0, 0.1) is 5.92 Å². The van der Waals surface area contributed by atoms with Crippen molar-refractivity contribution >= 4 is 40.3 Å². The van der Waals surface area contributed by atoms with Crippen molar-refractivity contribution in [2.75, 3.05) is 14.2 Å². The summed E-state index contributed by atoms with van der Waals surface area (Å²) in [6.07, 6.45) is -0.553. The van der Waals surface area contributed by atoms with Gasteiger partial charge in [0.2, 0.25) is 21.6 Å². The fourth-order valence-corrected chi connectivity index (χ4v) is 3.32. The monoisotopic (exact) mass is 287 g/mol. The number of carbonyl (C=O) groups excluding carboxylic acids is 5. The number of hydrogen-bond acceptors (Lipinski definition) is 8. The summed E-state index contributed by atoms with van der Waals surface area (Å²) in [5, 5.41) is 0.0218. The molecular formula is C10H9NO7S. The SMILES string of the molecule is COC(=O)CC(=O)S[C@]12C(=O)C(=O)C1C(=O)N2OC. The molecule has 2 atom stereocenters. The van der Waals surface area contributed by atoms with E-state index in [9.17, 15) is 24.0 Å². The second kappa shape index (κ2) is 4.42. The number of Topliss-reactive ketones (excluding diaryl/α,β-unsaturated/α-hetero) is 2. The average Bonchev–Trinajstić information content (AvgIpc) is 2.37. The maximum absolute atomic E-state index is 11.6. The van der Waals surface area contributed by atoms with Crippen molar-refractivity contribution in [1.82, 2.24) is 5.06 Å². The van der Waals surface area contributed by atoms with Crippen molar-refractivity contribution in [1.29, 1.82) is 0 Å². The summed E-state index contributed by atoms with van der Waals surface area (Å²) in [7, 11) is 2.27. The van der Waals surface area contributed by atoms with Crippen LogP contribution in [0.5, 0.6) is 0 Å². The number of piperidine rings is 1. The van der Waals surface area contributed by atoms with E-state index in [0.29, 0.717) is 16.8 Å². The van der Waals surface area contributed by atoms with E-state index in [0.717, 1.165) is 14.2 Å². The highest BCUT2D eigenvalue weighted by Gasteiger charge is 2.80. The number of ketones is 2. The lowest BCUT2D eigenvalue weighted by molar-refractivity contribution is -0.245. The van der Waals surface area contributed by atoms with Gasteiger partial charge in [0.1, 0.15) is 12.3 Å². The van der Waals surface area contributed by atoms with E-state index in [1.807, 2.05) is 0 Å². The first kappa shape index (κ1) is 13.7. The van der Waals surface area contributed by atoms with Crippen molar-refractivity contribution in [3.63, 3.8) is 0 Å². The van der Waals surface area contributed by atoms with Gasteiger partial charge >= 0.3 is 5.97 Å². The Hall–Kier alpha value is -1.74. The molecule has 102 valence electrons. The minimum absolute atomic E-state index is 0.446. The molecule has 2 fully saturated rings. The Morgan fingerprint density at radius 1 is 1.32 bits per heavy atom. The Balaban J connectivity index is 2.15. The number of fused-ring (bicyclic) bond motifs is 1. The number of rotatable bonds is 4. The Labute approximate surface area is 111 Å². The second-order valence-electron chi connectivity index (χ2n) is 3.86. The molecule has 0 aromatic rings. The zero-order valence-electron chi connectivity index (χ0n) is 10.00. The van der Waals surface area contributed by atoms with E-state index in [1.54, 1.807) is 0 Å². The summed E-state index contributed by atoms with van der Waals surface area (Å²) >= 11 is 0.446. The molecule has 2 rings (SSSR count). The summed E-state index contributed by atoms with van der Waals surface area (Å²) in [6, 6.07) is 0. The summed E-state index contributed by atoms with van der Waals surface area (Å²) in [5.41, 5.74) is 0. The fourth-order valence-electron chi connectivity index (χ4n) is 2.01. The van der Waals surface area contributed by atoms with Crippen molar-refractivity contribution in [3.8, 4) is 0 Å². The van der Waals surface area contributed by atoms with Crippen molar-refractivity contribution in [2.24, 2.45) is 5.92 Å². The van der Waals surface area contributed by atoms with Crippen LogP contribution in [0.25, 0.3) is 0 Å². The number of methoxy groups -OCH3 is 1. The van der Waals surface area contributed by atoms with Crippen molar-refractivity contribution < 1.29 is 33.5 Å². The Morgan fingerprint density at radius 3 is 2.47 bits per heavy atom. The lowest BCUT2D eigenvalue weighted by Gasteiger charge is -2.57. The van der Waals surface area contributed by atoms with Gasteiger partial charge < -0.3 is 4.74 Å². The van der Waals surface area contributed by atoms with Crippen LogP contribution in [-0.4, -0.2) is 52.7 Å². The first-order valence-corrected chi connectivity index (χ1v) is 5.97. The molecule has 0 aromatic heterocycles. The van der Waals surface area contributed by atoms with Gasteiger partial charge in [-0.2, -0.15) is 5.06 Å². The van der Waals surface area contributed by atoms with Crippen molar-refractivity contribution in [3.05, 3.63) is 0 Å². The molecule has 0 spiro atoms. The minimum atomic E-state index is -1.63. The summed E-state index contributed by atoms with van der Waals surface area (Å²) in [6.45, 7) is 0. The van der Waals surface area contributed by atoms with E-state index in [4.69, 9.17) is 4.84 Å². The molecule has 1 heterocycles. The van der Waals surface area contributed by atoms with E-state index in [2.05, 4.69) is 4.74 Å². The standard InChI is InChI=1S/C10H9NO7S/c1-17-4(12)3-5(13)19-10-6(7(14)8(10)15)9(16)11(10)18-2/h6H,3H2,1-2H3/t6?,10-/m0/s1. The topological polar surface area (TPSA) is 107 Å². The minimum Gasteiger partial charge on any atom is -0.469 e. The lowest BCUT2D eigenvalue weighted by atomic mass is 9.68. The van der Waals surface area contributed by atoms with Crippen LogP contribution in [-0.2, 0) is 33.5 Å². The highest BCUT2D eigenvalue weighted by atomic mass is 32.2. The summed E-state index contributed by atoms with van der Waals surface area (Å²) < 4.78 is 4.32. The maximum Gasteiger partial charge on any atom is 0.313 e. The number of hydrogen-bond donors (Lipinski definition) is 0. The largest absolute Gasteiger partial charge is 0.469 e. The van der Waals surface area contributed by atoms with Gasteiger partial charge in [0, 0.05) is 0 Å². The smallest absolute Gasteiger partial charge is 0.313 e. The normalized spacial score (nSPS) is 28.4. The molecule has 9 heteroatoms. The van der Waals surface area contributed by atoms with E-state index in [1.165, 1.54) is 0 Å². The van der Waals surface area contributed by atoms with Gasteiger partial charge in [0.25, 0.3) is 5.91 Å². The molecule has 19 heavy (non-hydrogen) atoms. The number of nitrogens with zero attached hydrogens (tertiary/aromatic N) is 1. The number of esters is 1. The maximum atomic E-state index is 11.6. The molecular weight excluding hydrogens is 278 g/mol. The molecule has 1 saturated heterocycles. The fraction of sp³-hybridized carbons (Fsp3) is 0.500. The molecule has 0 aromatic carbocycles. The van der Waals surface area contributed by atoms with E-state index >= 15 is 0 Å². The van der Waals surface area contributed by atoms with Crippen LogP contribution in [0.1, 0.15) is 6.42 Å². The van der Waals surface area contributed by atoms with Gasteiger partial charge in [-0.3, -0.25) is 28.8 Å². The highest BCUT2D eigenvalue weighted by Crippen LogP contribution is 2.55. The molecule has 1 aliphatic carbocycles. The molecule has 0 bridgehead atoms. The van der Waals surface area contributed by atoms with Crippen LogP contribution in [0.3, 0.4) is 0 Å². The van der Waals surface area contributed by atoms with E-state index in [-0.39, 0.29) is 0 Å². The number of hydroxylamine groups is 2. The molecule has 2 aliphatic rings. The van der Waals surface area contributed by atoms with Gasteiger partial charge in [-0.15, -0.1) is 0 Å². The number of ether oxygens (including phenoxy) is 1. The number of β-lactam (4-membered cyclic amide) rings is 1. The molecule has 8 nitrogen and oxygen atoms in total. The first-order chi connectivity index (χ1) is 8.90. The third kappa shape index (κ3) is 1.61. The van der Waals surface area contributed by atoms with Crippen LogP contribution in [0.15, 0.2) is 0 Å². The van der Waals surface area contributed by atoms with Gasteiger partial charge in [-0.05, 0) is 11.8 Å². The predicted molar refractivity (Wildman–Crippen MR) is 59.3 cm³/mol. The lowest BCUT2D eigenvalue weighted by Crippen LogP contribution is -2.84. The first-order valence-electron chi connectivity index (χ1n) is 5.15. The zero-order valence-corrected chi connectivity index (χ0v) is 10.8. The molecule has 1 amide bonds. The number of carbonyl (C=O) groups is 5. The predicted octanol–water partition coefficient (Wildman–Crippen LogP) is -1.32. The molecule has 1 saturated carbocycles. The van der Waals surface area contributed by atoms with Crippen LogP contribution in [0.2, 0.25) is 0 Å². The van der Waals surface area contributed by atoms with Crippen molar-refractivity contribution in [2.45, 2.75) is 11.3 Å². The second-order valence-corrected chi connectivity index (χ2v) is 5.15. The van der Waals surface area contributed by atoms with Crippen LogP contribution < -0.4 is 0 Å². The molecule has 1 aliphatic heterocycles. The zero-order chi connectivity index (χ0) is 14.4. The van der Waals surface area contributed by atoms with Gasteiger partial charge in [-0.25, -0.2) is 0 Å². The van der Waals surface area contributed by atoms with Crippen LogP contribution >= 0.6 is 11.8 Å². The third-order valence-electron chi connectivity index (χ3n) is 2.92. The van der Waals surface area contributed by atoms with E-state index < -0.39 is 45.8 Å². The van der Waals surface area contributed by atoms with Gasteiger partial charge in [-0.1, -0.05) is 0 Å². The van der Waals surface area contributed by atoms with Gasteiger partial charge in [0.05, 0.1) is 14.2 Å².